The van der Waals surface area contributed by atoms with Crippen molar-refractivity contribution in [3.05, 3.63) is 41.9 Å². The second kappa shape index (κ2) is 7.07. The van der Waals surface area contributed by atoms with Crippen molar-refractivity contribution in [1.29, 1.82) is 0 Å². The normalized spacial score (nSPS) is 39.9. The van der Waals surface area contributed by atoms with Gasteiger partial charge in [-0.3, -0.25) is 9.78 Å². The maximum atomic E-state index is 12.9. The van der Waals surface area contributed by atoms with Crippen molar-refractivity contribution < 1.29 is 9.53 Å². The number of ether oxygens (including phenoxy) is 1. The Labute approximate surface area is 163 Å². The number of rotatable bonds is 3. The third-order valence-corrected chi connectivity index (χ3v) is 6.29. The molecule has 10 nitrogen and oxygen atoms in total. The number of carbonyl (C=O) groups is 1. The first-order valence-electron chi connectivity index (χ1n) is 9.70. The zero-order chi connectivity index (χ0) is 19.3. The molecule has 1 aromatic rings. The summed E-state index contributed by atoms with van der Waals surface area (Å²) >= 11 is 0. The van der Waals surface area contributed by atoms with Gasteiger partial charge >= 0.3 is 0 Å². The highest BCUT2D eigenvalue weighted by molar-refractivity contribution is 5.89. The molecular weight excluding hydrogens is 360 g/mol. The van der Waals surface area contributed by atoms with E-state index in [4.69, 9.17) is 10.5 Å². The smallest absolute Gasteiger partial charge is 0.264 e. The molecule has 1 aliphatic carbocycles. The van der Waals surface area contributed by atoms with Gasteiger partial charge in [0.05, 0.1) is 29.9 Å². The summed E-state index contributed by atoms with van der Waals surface area (Å²) in [5, 5.41) is 5.16. The van der Waals surface area contributed by atoms with Crippen molar-refractivity contribution in [3.63, 3.8) is 0 Å². The van der Waals surface area contributed by atoms with Crippen LogP contribution in [0.2, 0.25) is 0 Å². The molecule has 3 aliphatic heterocycles. The van der Waals surface area contributed by atoms with Gasteiger partial charge in [0.25, 0.3) is 5.91 Å². The van der Waals surface area contributed by atoms with Gasteiger partial charge in [-0.25, -0.2) is 21.3 Å². The predicted molar refractivity (Wildman–Crippen MR) is 100 cm³/mol. The zero-order valence-corrected chi connectivity index (χ0v) is 15.6. The van der Waals surface area contributed by atoms with E-state index >= 15 is 0 Å². The Morgan fingerprint density at radius 1 is 1.29 bits per heavy atom. The highest BCUT2D eigenvalue weighted by atomic mass is 16.5. The highest BCUT2D eigenvalue weighted by Crippen LogP contribution is 2.37. The molecule has 0 radical (unpaired) electrons. The third-order valence-electron chi connectivity index (χ3n) is 6.29. The van der Waals surface area contributed by atoms with Gasteiger partial charge in [-0.1, -0.05) is 6.07 Å². The van der Waals surface area contributed by atoms with Crippen molar-refractivity contribution in [2.24, 2.45) is 11.7 Å². The number of pyridine rings is 1. The Morgan fingerprint density at radius 2 is 2.18 bits per heavy atom. The van der Waals surface area contributed by atoms with E-state index in [1.165, 1.54) is 0 Å². The van der Waals surface area contributed by atoms with Gasteiger partial charge < -0.3 is 15.8 Å². The fourth-order valence-corrected chi connectivity index (χ4v) is 4.97. The third kappa shape index (κ3) is 2.81. The molecule has 1 saturated carbocycles. The fraction of sp³-hybridized carbons (Fsp3) is 0.556. The molecule has 0 bridgehead atoms. The first-order chi connectivity index (χ1) is 13.7. The molecule has 3 fully saturated rings. The Bertz CT molecular complexity index is 774. The number of hydrogen-bond acceptors (Lipinski definition) is 9. The summed E-state index contributed by atoms with van der Waals surface area (Å²) in [6.07, 6.45) is 4.57. The van der Waals surface area contributed by atoms with Crippen LogP contribution < -0.4 is 32.9 Å². The number of nitrogens with two attached hydrogens (primary N) is 1. The van der Waals surface area contributed by atoms with Gasteiger partial charge in [0, 0.05) is 37.0 Å². The Morgan fingerprint density at radius 3 is 2.96 bits per heavy atom. The molecule has 150 valence electrons. The van der Waals surface area contributed by atoms with Crippen molar-refractivity contribution in [3.8, 4) is 0 Å². The van der Waals surface area contributed by atoms with Crippen LogP contribution in [0.1, 0.15) is 24.5 Å². The summed E-state index contributed by atoms with van der Waals surface area (Å²) < 4.78 is 5.85. The minimum Gasteiger partial charge on any atom is -0.379 e. The van der Waals surface area contributed by atoms with Crippen molar-refractivity contribution in [1.82, 2.24) is 37.1 Å². The molecular formula is C18H26N8O2. The van der Waals surface area contributed by atoms with Crippen molar-refractivity contribution in [2.45, 2.75) is 49.3 Å². The number of hydrogen-bond donors (Lipinski definition) is 6. The molecule has 7 unspecified atom stereocenters. The van der Waals surface area contributed by atoms with Crippen molar-refractivity contribution >= 4 is 5.91 Å². The number of fused-ring (bicyclic) bond motifs is 2. The summed E-state index contributed by atoms with van der Waals surface area (Å²) in [4.78, 5) is 17.3. The van der Waals surface area contributed by atoms with Crippen molar-refractivity contribution in [2.75, 3.05) is 7.11 Å². The van der Waals surface area contributed by atoms with Crippen LogP contribution in [-0.2, 0) is 9.53 Å². The van der Waals surface area contributed by atoms with E-state index in [1.807, 2.05) is 18.2 Å². The first-order valence-corrected chi connectivity index (χ1v) is 9.70. The van der Waals surface area contributed by atoms with Crippen LogP contribution in [0.25, 0.3) is 0 Å². The van der Waals surface area contributed by atoms with Gasteiger partial charge in [0.2, 0.25) is 0 Å². The Balaban J connectivity index is 1.43. The highest BCUT2D eigenvalue weighted by Gasteiger charge is 2.49. The number of carbonyl (C=O) groups excluding carboxylic acids is 1. The molecule has 28 heavy (non-hydrogen) atoms. The minimum atomic E-state index is -0.400. The topological polar surface area (TPSA) is 129 Å². The fourth-order valence-electron chi connectivity index (χ4n) is 4.97. The second-order valence-corrected chi connectivity index (χ2v) is 7.76. The van der Waals surface area contributed by atoms with Gasteiger partial charge in [-0.15, -0.1) is 0 Å². The molecule has 4 aliphatic rings. The lowest BCUT2D eigenvalue weighted by atomic mass is 9.78. The lowest BCUT2D eigenvalue weighted by Gasteiger charge is -2.42. The van der Waals surface area contributed by atoms with Gasteiger partial charge in [0.15, 0.2) is 0 Å². The lowest BCUT2D eigenvalue weighted by Crippen LogP contribution is -2.58. The molecule has 10 heteroatoms. The molecule has 1 amide bonds. The zero-order valence-electron chi connectivity index (χ0n) is 15.6. The lowest BCUT2D eigenvalue weighted by molar-refractivity contribution is -0.131. The first kappa shape index (κ1) is 18.0. The molecule has 0 aromatic carbocycles. The summed E-state index contributed by atoms with van der Waals surface area (Å²) in [5.74, 6) is -0.160. The number of methoxy groups -OCH3 is 1. The SMILES string of the molecule is COC1C(C2=CC(=O)N3NC(N)C(c4ccccn4)C3N2)CCC2NNNC21. The molecule has 7 N–H and O–H groups in total. The number of hydrazine groups is 3. The van der Waals surface area contributed by atoms with Crippen LogP contribution >= 0.6 is 0 Å². The molecule has 2 saturated heterocycles. The second-order valence-electron chi connectivity index (χ2n) is 7.76. The minimum absolute atomic E-state index is 0.0596. The van der Waals surface area contributed by atoms with Gasteiger partial charge in [-0.05, 0) is 25.0 Å². The number of nitrogens with zero attached hydrogens (tertiary/aromatic N) is 2. The number of aromatic nitrogens is 1. The molecule has 7 atom stereocenters. The average Bonchev–Trinajstić information content (AvgIpc) is 3.31. The van der Waals surface area contributed by atoms with E-state index < -0.39 is 6.17 Å². The molecule has 4 heterocycles. The quantitative estimate of drug-likeness (QED) is 0.363. The van der Waals surface area contributed by atoms with E-state index in [9.17, 15) is 4.79 Å². The summed E-state index contributed by atoms with van der Waals surface area (Å²) in [7, 11) is 1.72. The van der Waals surface area contributed by atoms with E-state index in [0.29, 0.717) is 6.04 Å². The average molecular weight is 386 g/mol. The van der Waals surface area contributed by atoms with Gasteiger partial charge in [-0.2, -0.15) is 5.53 Å². The monoisotopic (exact) mass is 386 g/mol. The molecule has 5 rings (SSSR count). The standard InChI is InChI=1S/C18H26N8O2/c1-28-16-9(5-6-11-15(16)23-25-22-11)12-8-13(27)26-18(21-12)14(17(19)24-26)10-4-2-3-7-20-10/h2-4,7-9,11,14-18,21-25H,5-6,19H2,1H3. The van der Waals surface area contributed by atoms with Crippen LogP contribution in [0.5, 0.6) is 0 Å². The van der Waals surface area contributed by atoms with E-state index in [2.05, 4.69) is 32.1 Å². The van der Waals surface area contributed by atoms with Crippen LogP contribution in [0.15, 0.2) is 36.2 Å². The van der Waals surface area contributed by atoms with Crippen LogP contribution in [0.3, 0.4) is 0 Å². The Kier molecular flexibility index (Phi) is 4.54. The summed E-state index contributed by atoms with van der Waals surface area (Å²) in [6.45, 7) is 0. The van der Waals surface area contributed by atoms with Crippen LogP contribution in [-0.4, -0.2) is 53.5 Å². The molecule has 0 spiro atoms. The summed E-state index contributed by atoms with van der Waals surface area (Å²) in [5.41, 5.74) is 20.7. The maximum absolute atomic E-state index is 12.9. The predicted octanol–water partition coefficient (Wildman–Crippen LogP) is -1.62. The van der Waals surface area contributed by atoms with E-state index in [-0.39, 0.29) is 36.1 Å². The largest absolute Gasteiger partial charge is 0.379 e. The number of nitrogens with one attached hydrogen (secondary N) is 5. The van der Waals surface area contributed by atoms with Crippen LogP contribution in [0.4, 0.5) is 0 Å². The van der Waals surface area contributed by atoms with E-state index in [1.54, 1.807) is 24.4 Å². The van der Waals surface area contributed by atoms with Gasteiger partial charge in [0.1, 0.15) is 6.17 Å². The Hall–Kier alpha value is -2.08. The molecule has 1 aromatic heterocycles. The van der Waals surface area contributed by atoms with E-state index in [0.717, 1.165) is 24.2 Å². The van der Waals surface area contributed by atoms with Crippen LogP contribution in [0, 0.1) is 5.92 Å². The maximum Gasteiger partial charge on any atom is 0.264 e. The number of amides is 1. The summed E-state index contributed by atoms with van der Waals surface area (Å²) in [6, 6.07) is 6.20.